The van der Waals surface area contributed by atoms with Crippen molar-refractivity contribution in [2.24, 2.45) is 0 Å². The maximum atomic E-state index is 5.48. The fraction of sp³-hybridized carbons (Fsp3) is 0.294. The van der Waals surface area contributed by atoms with Gasteiger partial charge in [-0.05, 0) is 36.2 Å². The highest BCUT2D eigenvalue weighted by Crippen LogP contribution is 2.40. The van der Waals surface area contributed by atoms with Crippen LogP contribution in [0, 0.1) is 6.92 Å². The van der Waals surface area contributed by atoms with Crippen LogP contribution in [0.1, 0.15) is 21.5 Å². The van der Waals surface area contributed by atoms with Crippen LogP contribution in [0.2, 0.25) is 0 Å². The van der Waals surface area contributed by atoms with Gasteiger partial charge in [-0.15, -0.1) is 0 Å². The van der Waals surface area contributed by atoms with Gasteiger partial charge in [0, 0.05) is 11.6 Å². The van der Waals surface area contributed by atoms with Crippen LogP contribution < -0.4 is 14.2 Å². The zero-order valence-corrected chi connectivity index (χ0v) is 14.2. The van der Waals surface area contributed by atoms with Crippen LogP contribution in [-0.4, -0.2) is 21.3 Å². The van der Waals surface area contributed by atoms with E-state index in [2.05, 4.69) is 28.9 Å². The molecule has 0 aliphatic rings. The normalized spacial score (nSPS) is 11.9. The molecule has 0 heterocycles. The molecular weight excluding hydrogens is 332 g/mol. The first-order valence-electron chi connectivity index (χ1n) is 6.61. The standard InChI is InChI=1S/C17H19BrO3/c1-11-9-12(19-2)5-7-14(11)17(18)15-8-6-13(20-3)10-16(15)21-4/h5-10,17H,1-4H3. The smallest absolute Gasteiger partial charge is 0.127 e. The Morgan fingerprint density at radius 1 is 0.810 bits per heavy atom. The quantitative estimate of drug-likeness (QED) is 0.742. The number of hydrogen-bond donors (Lipinski definition) is 0. The van der Waals surface area contributed by atoms with Gasteiger partial charge in [-0.2, -0.15) is 0 Å². The number of halogens is 1. The second-order valence-electron chi connectivity index (χ2n) is 4.69. The van der Waals surface area contributed by atoms with Gasteiger partial charge in [0.25, 0.3) is 0 Å². The molecule has 0 aromatic heterocycles. The Kier molecular flexibility index (Phi) is 5.12. The maximum Gasteiger partial charge on any atom is 0.127 e. The van der Waals surface area contributed by atoms with E-state index in [9.17, 15) is 0 Å². The van der Waals surface area contributed by atoms with Crippen molar-refractivity contribution in [3.63, 3.8) is 0 Å². The number of benzene rings is 2. The van der Waals surface area contributed by atoms with Crippen molar-refractivity contribution < 1.29 is 14.2 Å². The van der Waals surface area contributed by atoms with Crippen LogP contribution in [0.25, 0.3) is 0 Å². The summed E-state index contributed by atoms with van der Waals surface area (Å²) in [5, 5.41) is 0. The SMILES string of the molecule is COc1ccc(C(Br)c2ccc(OC)cc2OC)c(C)c1. The summed E-state index contributed by atoms with van der Waals surface area (Å²) in [5.41, 5.74) is 3.40. The van der Waals surface area contributed by atoms with Gasteiger partial charge in [0.2, 0.25) is 0 Å². The maximum absolute atomic E-state index is 5.48. The highest BCUT2D eigenvalue weighted by atomic mass is 79.9. The van der Waals surface area contributed by atoms with E-state index in [1.807, 2.05) is 30.3 Å². The summed E-state index contributed by atoms with van der Waals surface area (Å²) in [7, 11) is 4.99. The minimum absolute atomic E-state index is 0.0456. The third-order valence-electron chi connectivity index (χ3n) is 3.46. The van der Waals surface area contributed by atoms with Gasteiger partial charge in [0.15, 0.2) is 0 Å². The first-order valence-corrected chi connectivity index (χ1v) is 7.52. The summed E-state index contributed by atoms with van der Waals surface area (Å²) >= 11 is 3.77. The van der Waals surface area contributed by atoms with E-state index in [1.54, 1.807) is 21.3 Å². The third-order valence-corrected chi connectivity index (χ3v) is 4.45. The van der Waals surface area contributed by atoms with Gasteiger partial charge < -0.3 is 14.2 Å². The Morgan fingerprint density at radius 3 is 1.90 bits per heavy atom. The van der Waals surface area contributed by atoms with Gasteiger partial charge >= 0.3 is 0 Å². The average molecular weight is 351 g/mol. The fourth-order valence-electron chi connectivity index (χ4n) is 2.25. The second kappa shape index (κ2) is 6.85. The molecule has 0 aliphatic heterocycles. The molecule has 0 saturated heterocycles. The summed E-state index contributed by atoms with van der Waals surface area (Å²) in [6, 6.07) is 11.9. The van der Waals surface area contributed by atoms with Crippen LogP contribution >= 0.6 is 15.9 Å². The first kappa shape index (κ1) is 15.7. The molecule has 2 aromatic rings. The predicted molar refractivity (Wildman–Crippen MR) is 88.0 cm³/mol. The molecule has 112 valence electrons. The fourth-order valence-corrected chi connectivity index (χ4v) is 3.15. The molecule has 4 heteroatoms. The molecule has 2 rings (SSSR count). The lowest BCUT2D eigenvalue weighted by atomic mass is 9.99. The lowest BCUT2D eigenvalue weighted by Gasteiger charge is -2.18. The Bertz CT molecular complexity index is 625. The highest BCUT2D eigenvalue weighted by molar-refractivity contribution is 9.09. The van der Waals surface area contributed by atoms with Crippen molar-refractivity contribution >= 4 is 15.9 Å². The Labute approximate surface area is 134 Å². The number of methoxy groups -OCH3 is 3. The largest absolute Gasteiger partial charge is 0.497 e. The van der Waals surface area contributed by atoms with E-state index < -0.39 is 0 Å². The number of alkyl halides is 1. The Balaban J connectivity index is 2.42. The summed E-state index contributed by atoms with van der Waals surface area (Å²) in [4.78, 5) is 0.0456. The monoisotopic (exact) mass is 350 g/mol. The van der Waals surface area contributed by atoms with Crippen LogP contribution in [0.4, 0.5) is 0 Å². The minimum Gasteiger partial charge on any atom is -0.497 e. The van der Waals surface area contributed by atoms with E-state index in [0.717, 1.165) is 28.4 Å². The molecule has 1 unspecified atom stereocenters. The Hall–Kier alpha value is -1.68. The summed E-state index contributed by atoms with van der Waals surface area (Å²) in [6.07, 6.45) is 0. The van der Waals surface area contributed by atoms with E-state index in [4.69, 9.17) is 14.2 Å². The molecule has 21 heavy (non-hydrogen) atoms. The van der Waals surface area contributed by atoms with Gasteiger partial charge in [0.05, 0.1) is 26.2 Å². The van der Waals surface area contributed by atoms with Gasteiger partial charge in [-0.3, -0.25) is 0 Å². The average Bonchev–Trinajstić information content (AvgIpc) is 2.53. The minimum atomic E-state index is 0.0456. The number of hydrogen-bond acceptors (Lipinski definition) is 3. The van der Waals surface area contributed by atoms with Crippen LogP contribution in [0.3, 0.4) is 0 Å². The predicted octanol–water partition coefficient (Wildman–Crippen LogP) is 4.51. The van der Waals surface area contributed by atoms with Crippen molar-refractivity contribution in [2.75, 3.05) is 21.3 Å². The molecule has 1 atom stereocenters. The van der Waals surface area contributed by atoms with E-state index >= 15 is 0 Å². The summed E-state index contributed by atoms with van der Waals surface area (Å²) < 4.78 is 16.0. The van der Waals surface area contributed by atoms with E-state index in [-0.39, 0.29) is 4.83 Å². The molecule has 0 N–H and O–H groups in total. The lowest BCUT2D eigenvalue weighted by molar-refractivity contribution is 0.391. The van der Waals surface area contributed by atoms with Crippen molar-refractivity contribution in [3.05, 3.63) is 53.1 Å². The zero-order chi connectivity index (χ0) is 15.4. The van der Waals surface area contributed by atoms with E-state index in [1.165, 1.54) is 5.56 Å². The molecule has 0 radical (unpaired) electrons. The van der Waals surface area contributed by atoms with Gasteiger partial charge in [0.1, 0.15) is 17.2 Å². The zero-order valence-electron chi connectivity index (χ0n) is 12.6. The lowest BCUT2D eigenvalue weighted by Crippen LogP contribution is -2.00. The van der Waals surface area contributed by atoms with Gasteiger partial charge in [-0.1, -0.05) is 28.1 Å². The highest BCUT2D eigenvalue weighted by Gasteiger charge is 2.18. The second-order valence-corrected chi connectivity index (χ2v) is 5.61. The van der Waals surface area contributed by atoms with Gasteiger partial charge in [-0.25, -0.2) is 0 Å². The van der Waals surface area contributed by atoms with Crippen LogP contribution in [0.5, 0.6) is 17.2 Å². The first-order chi connectivity index (χ1) is 10.1. The molecular formula is C17H19BrO3. The topological polar surface area (TPSA) is 27.7 Å². The molecule has 0 spiro atoms. The molecule has 0 fully saturated rings. The van der Waals surface area contributed by atoms with Crippen molar-refractivity contribution in [1.82, 2.24) is 0 Å². The molecule has 0 saturated carbocycles. The number of aryl methyl sites for hydroxylation is 1. The molecule has 3 nitrogen and oxygen atoms in total. The van der Waals surface area contributed by atoms with Crippen molar-refractivity contribution in [1.29, 1.82) is 0 Å². The molecule has 2 aromatic carbocycles. The summed E-state index contributed by atoms with van der Waals surface area (Å²) in [6.45, 7) is 2.07. The van der Waals surface area contributed by atoms with Crippen LogP contribution in [0.15, 0.2) is 36.4 Å². The van der Waals surface area contributed by atoms with Crippen LogP contribution in [-0.2, 0) is 0 Å². The number of rotatable bonds is 5. The molecule has 0 bridgehead atoms. The summed E-state index contributed by atoms with van der Waals surface area (Å²) in [5.74, 6) is 2.44. The molecule has 0 amide bonds. The van der Waals surface area contributed by atoms with Crippen molar-refractivity contribution in [2.45, 2.75) is 11.8 Å². The molecule has 0 aliphatic carbocycles. The van der Waals surface area contributed by atoms with E-state index in [0.29, 0.717) is 0 Å². The van der Waals surface area contributed by atoms with Crippen molar-refractivity contribution in [3.8, 4) is 17.2 Å². The third kappa shape index (κ3) is 3.32. The number of ether oxygens (including phenoxy) is 3. The Morgan fingerprint density at radius 2 is 1.38 bits per heavy atom.